The van der Waals surface area contributed by atoms with E-state index in [1.54, 1.807) is 13.8 Å². The first-order valence-electron chi connectivity index (χ1n) is 9.55. The van der Waals surface area contributed by atoms with Gasteiger partial charge in [0.25, 0.3) is 5.91 Å². The first-order valence-corrected chi connectivity index (χ1v) is 9.55. The largest absolute Gasteiger partial charge is 0.474 e. The van der Waals surface area contributed by atoms with Crippen molar-refractivity contribution in [3.63, 3.8) is 0 Å². The SMILES string of the molecule is CCN(OC)C(=O)c1ccc(Oc2ncnc(OC3CCNCC3)c2C)c(F)c1. The van der Waals surface area contributed by atoms with Crippen LogP contribution in [0, 0.1) is 12.7 Å². The summed E-state index contributed by atoms with van der Waals surface area (Å²) >= 11 is 0. The molecule has 0 unspecified atom stereocenters. The summed E-state index contributed by atoms with van der Waals surface area (Å²) in [6.45, 7) is 5.66. The van der Waals surface area contributed by atoms with Crippen molar-refractivity contribution >= 4 is 5.91 Å². The maximum atomic E-state index is 14.6. The molecule has 0 aliphatic carbocycles. The third-order valence-electron chi connectivity index (χ3n) is 4.68. The molecule has 0 saturated carbocycles. The first kappa shape index (κ1) is 20.9. The minimum absolute atomic E-state index is 0.0448. The highest BCUT2D eigenvalue weighted by Gasteiger charge is 2.20. The molecule has 0 radical (unpaired) electrons. The van der Waals surface area contributed by atoms with E-state index in [4.69, 9.17) is 14.3 Å². The van der Waals surface area contributed by atoms with Gasteiger partial charge in [-0.05, 0) is 58.0 Å². The van der Waals surface area contributed by atoms with Crippen LogP contribution in [0.1, 0.15) is 35.7 Å². The summed E-state index contributed by atoms with van der Waals surface area (Å²) in [6.07, 6.45) is 3.17. The molecule has 1 aromatic carbocycles. The highest BCUT2D eigenvalue weighted by molar-refractivity contribution is 5.93. The van der Waals surface area contributed by atoms with Crippen molar-refractivity contribution in [3.05, 3.63) is 41.5 Å². The van der Waals surface area contributed by atoms with Gasteiger partial charge in [-0.25, -0.2) is 19.4 Å². The minimum Gasteiger partial charge on any atom is -0.474 e. The Kier molecular flexibility index (Phi) is 6.95. The molecule has 1 aliphatic rings. The van der Waals surface area contributed by atoms with Crippen LogP contribution in [0.3, 0.4) is 0 Å². The molecule has 0 atom stereocenters. The standard InChI is InChI=1S/C20H25FN4O4/c1-4-25(27-3)20(26)14-5-6-17(16(21)11-14)29-19-13(2)18(23-12-24-19)28-15-7-9-22-10-8-15/h5-6,11-12,15,22H,4,7-10H2,1-3H3. The van der Waals surface area contributed by atoms with Crippen molar-refractivity contribution < 1.29 is 23.5 Å². The topological polar surface area (TPSA) is 85.8 Å². The number of halogens is 1. The fourth-order valence-electron chi connectivity index (χ4n) is 3.03. The zero-order valence-electron chi connectivity index (χ0n) is 16.8. The van der Waals surface area contributed by atoms with Crippen LogP contribution in [0.15, 0.2) is 24.5 Å². The van der Waals surface area contributed by atoms with Gasteiger partial charge in [0, 0.05) is 12.1 Å². The van der Waals surface area contributed by atoms with Gasteiger partial charge in [0.05, 0.1) is 12.7 Å². The molecule has 156 valence electrons. The first-order chi connectivity index (χ1) is 14.0. The van der Waals surface area contributed by atoms with Crippen LogP contribution >= 0.6 is 0 Å². The third-order valence-corrected chi connectivity index (χ3v) is 4.68. The van der Waals surface area contributed by atoms with E-state index in [-0.39, 0.29) is 23.3 Å². The zero-order chi connectivity index (χ0) is 20.8. The Hall–Kier alpha value is -2.78. The molecule has 29 heavy (non-hydrogen) atoms. The average molecular weight is 404 g/mol. The number of hydrogen-bond donors (Lipinski definition) is 1. The molecule has 2 aromatic rings. The van der Waals surface area contributed by atoms with E-state index >= 15 is 0 Å². The summed E-state index contributed by atoms with van der Waals surface area (Å²) < 4.78 is 26.2. The molecular weight excluding hydrogens is 379 g/mol. The molecule has 8 nitrogen and oxygen atoms in total. The molecule has 2 heterocycles. The zero-order valence-corrected chi connectivity index (χ0v) is 16.8. The lowest BCUT2D eigenvalue weighted by atomic mass is 10.1. The van der Waals surface area contributed by atoms with Crippen molar-refractivity contribution in [1.29, 1.82) is 0 Å². The van der Waals surface area contributed by atoms with Crippen molar-refractivity contribution in [1.82, 2.24) is 20.3 Å². The van der Waals surface area contributed by atoms with Gasteiger partial charge >= 0.3 is 0 Å². The normalized spacial score (nSPS) is 14.5. The predicted molar refractivity (Wildman–Crippen MR) is 103 cm³/mol. The number of nitrogens with zero attached hydrogens (tertiary/aromatic N) is 3. The van der Waals surface area contributed by atoms with E-state index in [2.05, 4.69) is 15.3 Å². The number of aromatic nitrogens is 2. The lowest BCUT2D eigenvalue weighted by Gasteiger charge is -2.24. The lowest BCUT2D eigenvalue weighted by molar-refractivity contribution is -0.0915. The smallest absolute Gasteiger partial charge is 0.277 e. The lowest BCUT2D eigenvalue weighted by Crippen LogP contribution is -2.34. The number of amides is 1. The number of piperidine rings is 1. The second kappa shape index (κ2) is 9.62. The predicted octanol–water partition coefficient (Wildman–Crippen LogP) is 2.87. The molecule has 1 amide bonds. The van der Waals surface area contributed by atoms with Crippen molar-refractivity contribution in [3.8, 4) is 17.5 Å². The van der Waals surface area contributed by atoms with Crippen molar-refractivity contribution in [2.75, 3.05) is 26.7 Å². The van der Waals surface area contributed by atoms with Gasteiger partial charge < -0.3 is 14.8 Å². The number of carbonyl (C=O) groups excluding carboxylic acids is 1. The Morgan fingerprint density at radius 1 is 1.28 bits per heavy atom. The Bertz CT molecular complexity index is 854. The second-order valence-corrected chi connectivity index (χ2v) is 6.61. The Balaban J connectivity index is 1.76. The van der Waals surface area contributed by atoms with Gasteiger partial charge in [-0.15, -0.1) is 0 Å². The van der Waals surface area contributed by atoms with Crippen LogP contribution in [0.25, 0.3) is 0 Å². The summed E-state index contributed by atoms with van der Waals surface area (Å²) in [6, 6.07) is 3.98. The molecule has 0 spiro atoms. The Morgan fingerprint density at radius 3 is 2.66 bits per heavy atom. The van der Waals surface area contributed by atoms with Gasteiger partial charge in [-0.2, -0.15) is 0 Å². The second-order valence-electron chi connectivity index (χ2n) is 6.61. The number of benzene rings is 1. The highest BCUT2D eigenvalue weighted by Crippen LogP contribution is 2.30. The van der Waals surface area contributed by atoms with E-state index in [0.717, 1.165) is 37.1 Å². The van der Waals surface area contributed by atoms with Crippen LogP contribution in [0.4, 0.5) is 4.39 Å². The maximum Gasteiger partial charge on any atom is 0.277 e. The molecule has 1 saturated heterocycles. The van der Waals surface area contributed by atoms with Crippen LogP contribution in [0.2, 0.25) is 0 Å². The Labute approximate surface area is 169 Å². The number of hydroxylamine groups is 2. The monoisotopic (exact) mass is 404 g/mol. The molecule has 1 aliphatic heterocycles. The highest BCUT2D eigenvalue weighted by atomic mass is 19.1. The van der Waals surface area contributed by atoms with Gasteiger partial charge in [0.2, 0.25) is 11.8 Å². The van der Waals surface area contributed by atoms with Gasteiger partial charge in [-0.3, -0.25) is 9.63 Å². The summed E-state index contributed by atoms with van der Waals surface area (Å²) in [5.41, 5.74) is 0.745. The van der Waals surface area contributed by atoms with Crippen LogP contribution in [-0.2, 0) is 4.84 Å². The molecule has 1 N–H and O–H groups in total. The Morgan fingerprint density at radius 2 is 2.00 bits per heavy atom. The van der Waals surface area contributed by atoms with E-state index in [1.165, 1.54) is 25.6 Å². The molecule has 1 aromatic heterocycles. The van der Waals surface area contributed by atoms with Crippen LogP contribution in [-0.4, -0.2) is 53.8 Å². The molecular formula is C20H25FN4O4. The molecule has 3 rings (SSSR count). The summed E-state index contributed by atoms with van der Waals surface area (Å²) in [5.74, 6) is -0.531. The summed E-state index contributed by atoms with van der Waals surface area (Å²) in [4.78, 5) is 25.5. The van der Waals surface area contributed by atoms with Crippen molar-refractivity contribution in [2.24, 2.45) is 0 Å². The van der Waals surface area contributed by atoms with E-state index < -0.39 is 11.7 Å². The average Bonchev–Trinajstić information content (AvgIpc) is 2.74. The number of carbonyl (C=O) groups is 1. The molecule has 1 fully saturated rings. The number of hydrogen-bond acceptors (Lipinski definition) is 7. The maximum absolute atomic E-state index is 14.6. The fraction of sp³-hybridized carbons (Fsp3) is 0.450. The minimum atomic E-state index is -0.679. The number of nitrogens with one attached hydrogen (secondary N) is 1. The summed E-state index contributed by atoms with van der Waals surface area (Å²) in [5, 5.41) is 4.41. The van der Waals surface area contributed by atoms with E-state index in [1.807, 2.05) is 0 Å². The van der Waals surface area contributed by atoms with Crippen LogP contribution < -0.4 is 14.8 Å². The van der Waals surface area contributed by atoms with E-state index in [0.29, 0.717) is 18.0 Å². The fourth-order valence-corrected chi connectivity index (χ4v) is 3.03. The van der Waals surface area contributed by atoms with Crippen molar-refractivity contribution in [2.45, 2.75) is 32.8 Å². The third kappa shape index (κ3) is 4.99. The molecule has 9 heteroatoms. The van der Waals surface area contributed by atoms with Gasteiger partial charge in [-0.1, -0.05) is 0 Å². The van der Waals surface area contributed by atoms with Crippen LogP contribution in [0.5, 0.6) is 17.5 Å². The number of ether oxygens (including phenoxy) is 2. The van der Waals surface area contributed by atoms with Gasteiger partial charge in [0.15, 0.2) is 11.6 Å². The quantitative estimate of drug-likeness (QED) is 0.710. The molecule has 0 bridgehead atoms. The van der Waals surface area contributed by atoms with Gasteiger partial charge in [0.1, 0.15) is 12.4 Å². The summed E-state index contributed by atoms with van der Waals surface area (Å²) in [7, 11) is 1.39. The van der Waals surface area contributed by atoms with E-state index in [9.17, 15) is 9.18 Å². The number of rotatable bonds is 7.